The maximum absolute atomic E-state index is 12.2. The topological polar surface area (TPSA) is 92.7 Å². The molecule has 1 saturated heterocycles. The number of carbonyl (C=O) groups is 1. The number of hydrogen-bond donors (Lipinski definition) is 0. The number of amides is 1. The van der Waals surface area contributed by atoms with Gasteiger partial charge in [0, 0.05) is 25.9 Å². The molecule has 2 heterocycles. The summed E-state index contributed by atoms with van der Waals surface area (Å²) in [7, 11) is -1.97. The number of piperidine rings is 1. The zero-order valence-corrected chi connectivity index (χ0v) is 13.5. The molecule has 22 heavy (non-hydrogen) atoms. The number of likely N-dealkylation sites (tertiary alicyclic amines) is 1. The maximum Gasteiger partial charge on any atom is 0.238 e. The van der Waals surface area contributed by atoms with E-state index in [-0.39, 0.29) is 18.6 Å². The molecule has 122 valence electrons. The van der Waals surface area contributed by atoms with Crippen LogP contribution in [0.3, 0.4) is 0 Å². The average molecular weight is 328 g/mol. The molecule has 1 unspecified atom stereocenters. The van der Waals surface area contributed by atoms with E-state index in [9.17, 15) is 13.2 Å². The van der Waals surface area contributed by atoms with Crippen molar-refractivity contribution in [2.24, 2.45) is 0 Å². The van der Waals surface area contributed by atoms with Crippen LogP contribution in [0.25, 0.3) is 0 Å². The van der Waals surface area contributed by atoms with Crippen molar-refractivity contribution in [2.75, 3.05) is 32.9 Å². The average Bonchev–Trinajstić information content (AvgIpc) is 2.47. The highest BCUT2D eigenvalue weighted by molar-refractivity contribution is 7.88. The van der Waals surface area contributed by atoms with E-state index < -0.39 is 10.0 Å². The van der Waals surface area contributed by atoms with Crippen LogP contribution in [0.15, 0.2) is 18.6 Å². The highest BCUT2D eigenvalue weighted by Gasteiger charge is 2.27. The van der Waals surface area contributed by atoms with Crippen molar-refractivity contribution in [3.63, 3.8) is 0 Å². The summed E-state index contributed by atoms with van der Waals surface area (Å²) < 4.78 is 29.5. The molecule has 0 bridgehead atoms. The molecule has 8 nitrogen and oxygen atoms in total. The zero-order valence-electron chi connectivity index (χ0n) is 12.7. The summed E-state index contributed by atoms with van der Waals surface area (Å²) in [6.07, 6.45) is 5.57. The predicted molar refractivity (Wildman–Crippen MR) is 79.7 cm³/mol. The number of nitrogens with zero attached hydrogens (tertiary/aromatic N) is 4. The minimum atomic E-state index is -3.36. The Bertz CT molecular complexity index is 608. The molecule has 2 rings (SSSR count). The molecule has 9 heteroatoms. The Labute approximate surface area is 130 Å². The molecular weight excluding hydrogens is 308 g/mol. The number of rotatable bonds is 5. The smallest absolute Gasteiger partial charge is 0.238 e. The fourth-order valence-corrected chi connectivity index (χ4v) is 2.53. The molecule has 1 fully saturated rings. The van der Waals surface area contributed by atoms with E-state index in [2.05, 4.69) is 9.97 Å². The molecule has 1 amide bonds. The highest BCUT2D eigenvalue weighted by atomic mass is 32.2. The van der Waals surface area contributed by atoms with Crippen LogP contribution in [-0.4, -0.2) is 72.5 Å². The first-order valence-corrected chi connectivity index (χ1v) is 8.83. The summed E-state index contributed by atoms with van der Waals surface area (Å²) in [5.74, 6) is 0.256. The fraction of sp³-hybridized carbons (Fsp3) is 0.615. The number of sulfonamides is 1. The lowest BCUT2D eigenvalue weighted by Crippen LogP contribution is -2.48. The lowest BCUT2D eigenvalue weighted by molar-refractivity contribution is -0.133. The van der Waals surface area contributed by atoms with Crippen LogP contribution < -0.4 is 4.74 Å². The second kappa shape index (κ2) is 7.01. The van der Waals surface area contributed by atoms with Crippen LogP contribution in [0, 0.1) is 0 Å². The molecule has 1 atom stereocenters. The second-order valence-electron chi connectivity index (χ2n) is 5.29. The molecule has 1 aromatic rings. The van der Waals surface area contributed by atoms with E-state index >= 15 is 0 Å². The Hall–Kier alpha value is -1.74. The van der Waals surface area contributed by atoms with E-state index in [4.69, 9.17) is 4.74 Å². The van der Waals surface area contributed by atoms with Crippen LogP contribution in [0.5, 0.6) is 5.88 Å². The van der Waals surface area contributed by atoms with E-state index in [0.29, 0.717) is 19.0 Å². The van der Waals surface area contributed by atoms with Crippen LogP contribution >= 0.6 is 0 Å². The molecule has 0 radical (unpaired) electrons. The van der Waals surface area contributed by atoms with E-state index in [1.54, 1.807) is 17.2 Å². The quantitative estimate of drug-likeness (QED) is 0.739. The third kappa shape index (κ3) is 4.63. The van der Waals surface area contributed by atoms with Gasteiger partial charge in [-0.3, -0.25) is 4.79 Å². The van der Waals surface area contributed by atoms with Gasteiger partial charge in [0.05, 0.1) is 19.3 Å². The van der Waals surface area contributed by atoms with Gasteiger partial charge in [-0.05, 0) is 12.8 Å². The molecule has 0 saturated carbocycles. The van der Waals surface area contributed by atoms with Gasteiger partial charge in [0.15, 0.2) is 0 Å². The van der Waals surface area contributed by atoms with Crippen molar-refractivity contribution in [3.8, 4) is 5.88 Å². The van der Waals surface area contributed by atoms with Crippen LogP contribution in [-0.2, 0) is 14.8 Å². The third-order valence-corrected chi connectivity index (χ3v) is 4.76. The highest BCUT2D eigenvalue weighted by Crippen LogP contribution is 2.16. The van der Waals surface area contributed by atoms with E-state index in [1.165, 1.54) is 13.4 Å². The van der Waals surface area contributed by atoms with Crippen LogP contribution in [0.2, 0.25) is 0 Å². The van der Waals surface area contributed by atoms with Gasteiger partial charge in [-0.25, -0.2) is 18.4 Å². The molecule has 0 aromatic carbocycles. The van der Waals surface area contributed by atoms with Gasteiger partial charge in [-0.1, -0.05) is 0 Å². The SMILES string of the molecule is CN(CC(=O)N1CCCC(Oc2ccncn2)C1)S(C)(=O)=O. The standard InChI is InChI=1S/C13H20N4O4S/c1-16(22(2,19)20)9-13(18)17-7-3-4-11(8-17)21-12-5-6-14-10-15-12/h5-6,10-11H,3-4,7-9H2,1-2H3. The monoisotopic (exact) mass is 328 g/mol. The Balaban J connectivity index is 1.91. The van der Waals surface area contributed by atoms with Crippen molar-refractivity contribution in [2.45, 2.75) is 18.9 Å². The van der Waals surface area contributed by atoms with Gasteiger partial charge in [0.25, 0.3) is 0 Å². The molecular formula is C13H20N4O4S. The Morgan fingerprint density at radius 1 is 1.55 bits per heavy atom. The van der Waals surface area contributed by atoms with Crippen molar-refractivity contribution in [3.05, 3.63) is 18.6 Å². The number of likely N-dealkylation sites (N-methyl/N-ethyl adjacent to an activating group) is 1. The summed E-state index contributed by atoms with van der Waals surface area (Å²) in [6, 6.07) is 1.66. The van der Waals surface area contributed by atoms with Crippen molar-refractivity contribution < 1.29 is 17.9 Å². The molecule has 0 N–H and O–H groups in total. The van der Waals surface area contributed by atoms with E-state index in [1.807, 2.05) is 0 Å². The van der Waals surface area contributed by atoms with Crippen LogP contribution in [0.4, 0.5) is 0 Å². The normalized spacial score (nSPS) is 19.2. The molecule has 0 spiro atoms. The van der Waals surface area contributed by atoms with Gasteiger partial charge < -0.3 is 9.64 Å². The summed E-state index contributed by atoms with van der Waals surface area (Å²) in [5, 5.41) is 0. The van der Waals surface area contributed by atoms with E-state index in [0.717, 1.165) is 23.4 Å². The van der Waals surface area contributed by atoms with Crippen molar-refractivity contribution in [1.82, 2.24) is 19.2 Å². The summed E-state index contributed by atoms with van der Waals surface area (Å²) in [4.78, 5) is 21.6. The maximum atomic E-state index is 12.2. The minimum absolute atomic E-state index is 0.142. The lowest BCUT2D eigenvalue weighted by Gasteiger charge is -2.33. The summed E-state index contributed by atoms with van der Waals surface area (Å²) in [6.45, 7) is 0.888. The Morgan fingerprint density at radius 2 is 2.32 bits per heavy atom. The van der Waals surface area contributed by atoms with Gasteiger partial charge in [0.1, 0.15) is 12.4 Å². The summed E-state index contributed by atoms with van der Waals surface area (Å²) in [5.41, 5.74) is 0. The van der Waals surface area contributed by atoms with Gasteiger partial charge in [0.2, 0.25) is 21.8 Å². The fourth-order valence-electron chi connectivity index (χ4n) is 2.19. The zero-order chi connectivity index (χ0) is 16.2. The van der Waals surface area contributed by atoms with Crippen LogP contribution in [0.1, 0.15) is 12.8 Å². The Kier molecular flexibility index (Phi) is 5.30. The molecule has 0 aliphatic carbocycles. The third-order valence-electron chi connectivity index (χ3n) is 3.50. The molecule has 1 aliphatic heterocycles. The summed E-state index contributed by atoms with van der Waals surface area (Å²) >= 11 is 0. The Morgan fingerprint density at radius 3 is 2.95 bits per heavy atom. The van der Waals surface area contributed by atoms with Gasteiger partial charge >= 0.3 is 0 Å². The van der Waals surface area contributed by atoms with Gasteiger partial charge in [-0.15, -0.1) is 0 Å². The lowest BCUT2D eigenvalue weighted by atomic mass is 10.1. The first-order valence-electron chi connectivity index (χ1n) is 6.98. The number of carbonyl (C=O) groups excluding carboxylic acids is 1. The molecule has 1 aromatic heterocycles. The predicted octanol–water partition coefficient (Wildman–Crippen LogP) is -0.262. The first kappa shape index (κ1) is 16.6. The number of hydrogen-bond acceptors (Lipinski definition) is 6. The second-order valence-corrected chi connectivity index (χ2v) is 7.38. The van der Waals surface area contributed by atoms with Gasteiger partial charge in [-0.2, -0.15) is 4.31 Å². The van der Waals surface area contributed by atoms with Crippen molar-refractivity contribution >= 4 is 15.9 Å². The van der Waals surface area contributed by atoms with Crippen molar-refractivity contribution in [1.29, 1.82) is 0 Å². The first-order chi connectivity index (χ1) is 10.4. The minimum Gasteiger partial charge on any atom is -0.472 e. The number of aromatic nitrogens is 2. The number of ether oxygens (including phenoxy) is 1. The molecule has 1 aliphatic rings. The largest absolute Gasteiger partial charge is 0.472 e.